The summed E-state index contributed by atoms with van der Waals surface area (Å²) < 4.78 is 13.2. The number of amidine groups is 1. The van der Waals surface area contributed by atoms with Crippen LogP contribution in [0, 0.1) is 5.82 Å². The Kier molecular flexibility index (Phi) is 3.82. The van der Waals surface area contributed by atoms with Gasteiger partial charge in [0.05, 0.1) is 11.7 Å². The molecule has 2 atom stereocenters. The molecule has 0 fully saturated rings. The zero-order valence-electron chi connectivity index (χ0n) is 12.6. The standard InChI is InChI=1S/C18H14FN3OS/c19-13-5-3-12(4-6-13)17-15(22-10-11-24-18(22)21-17)7-8-16(23)14-2-1-9-20-14/h1-11,15,17,20H. The number of carbonyl (C=O) groups excluding carboxylic acids is 1. The van der Waals surface area contributed by atoms with Crippen molar-refractivity contribution in [2.24, 2.45) is 4.99 Å². The summed E-state index contributed by atoms with van der Waals surface area (Å²) in [6.07, 6.45) is 7.12. The number of allylic oxidation sites excluding steroid dienone is 1. The number of nitrogens with zero attached hydrogens (tertiary/aromatic N) is 2. The van der Waals surface area contributed by atoms with Crippen LogP contribution in [0.1, 0.15) is 22.1 Å². The van der Waals surface area contributed by atoms with E-state index in [4.69, 9.17) is 4.99 Å². The van der Waals surface area contributed by atoms with Crippen LogP contribution < -0.4 is 0 Å². The fraction of sp³-hybridized carbons (Fsp3) is 0.111. The molecule has 0 spiro atoms. The van der Waals surface area contributed by atoms with Gasteiger partial charge in [-0.25, -0.2) is 4.39 Å². The maximum atomic E-state index is 13.2. The fourth-order valence-corrected chi connectivity index (χ4v) is 3.63. The molecule has 2 aromatic rings. The van der Waals surface area contributed by atoms with Gasteiger partial charge in [-0.1, -0.05) is 30.0 Å². The van der Waals surface area contributed by atoms with Crippen LogP contribution in [0.4, 0.5) is 4.39 Å². The van der Waals surface area contributed by atoms with E-state index in [1.165, 1.54) is 12.1 Å². The van der Waals surface area contributed by atoms with Crippen LogP contribution in [0.25, 0.3) is 0 Å². The van der Waals surface area contributed by atoms with E-state index >= 15 is 0 Å². The lowest BCUT2D eigenvalue weighted by molar-refractivity contribution is 0.104. The molecule has 0 aliphatic carbocycles. The van der Waals surface area contributed by atoms with Crippen LogP contribution in [-0.2, 0) is 0 Å². The van der Waals surface area contributed by atoms with Gasteiger partial charge in [0.2, 0.25) is 5.78 Å². The van der Waals surface area contributed by atoms with Crippen LogP contribution in [0.2, 0.25) is 0 Å². The zero-order valence-corrected chi connectivity index (χ0v) is 13.4. The third kappa shape index (κ3) is 2.69. The Balaban J connectivity index is 1.62. The van der Waals surface area contributed by atoms with Crippen molar-refractivity contribution in [1.82, 2.24) is 9.88 Å². The van der Waals surface area contributed by atoms with Crippen LogP contribution in [0.5, 0.6) is 0 Å². The Hall–Kier alpha value is -2.60. The number of ketones is 1. The highest BCUT2D eigenvalue weighted by Crippen LogP contribution is 2.38. The average Bonchev–Trinajstić information content (AvgIpc) is 3.31. The number of benzene rings is 1. The third-order valence-corrected chi connectivity index (χ3v) is 4.81. The van der Waals surface area contributed by atoms with Crippen molar-refractivity contribution in [3.05, 3.63) is 83.4 Å². The molecular formula is C18H14FN3OS. The summed E-state index contributed by atoms with van der Waals surface area (Å²) in [5, 5.41) is 2.86. The van der Waals surface area contributed by atoms with Gasteiger partial charge in [-0.3, -0.25) is 9.79 Å². The molecule has 24 heavy (non-hydrogen) atoms. The molecule has 0 saturated heterocycles. The number of aliphatic imine (C=N–C) groups is 1. The Labute approximate surface area is 142 Å². The fourth-order valence-electron chi connectivity index (χ4n) is 2.84. The number of nitrogens with one attached hydrogen (secondary N) is 1. The van der Waals surface area contributed by atoms with E-state index in [1.807, 2.05) is 22.6 Å². The monoisotopic (exact) mass is 339 g/mol. The van der Waals surface area contributed by atoms with Gasteiger partial charge in [0.15, 0.2) is 5.17 Å². The van der Waals surface area contributed by atoms with Crippen molar-refractivity contribution in [3.63, 3.8) is 0 Å². The average molecular weight is 339 g/mol. The molecule has 2 aliphatic rings. The van der Waals surface area contributed by atoms with Crippen LogP contribution in [0.15, 0.2) is 71.3 Å². The second-order valence-electron chi connectivity index (χ2n) is 5.52. The number of aromatic nitrogens is 1. The first-order valence-corrected chi connectivity index (χ1v) is 8.41. The molecule has 0 radical (unpaired) electrons. The molecule has 3 heterocycles. The molecule has 0 saturated carbocycles. The molecule has 2 unspecified atom stereocenters. The Morgan fingerprint density at radius 2 is 2.12 bits per heavy atom. The predicted octanol–water partition coefficient (Wildman–Crippen LogP) is 3.89. The quantitative estimate of drug-likeness (QED) is 0.679. The number of carbonyl (C=O) groups is 1. The summed E-state index contributed by atoms with van der Waals surface area (Å²) in [6, 6.07) is 9.63. The smallest absolute Gasteiger partial charge is 0.201 e. The normalized spacial score (nSPS) is 22.2. The van der Waals surface area contributed by atoms with Crippen LogP contribution in [0.3, 0.4) is 0 Å². The number of halogens is 1. The third-order valence-electron chi connectivity index (χ3n) is 4.03. The van der Waals surface area contributed by atoms with E-state index in [0.717, 1.165) is 10.7 Å². The van der Waals surface area contributed by atoms with Crippen molar-refractivity contribution in [2.45, 2.75) is 12.1 Å². The number of H-pyrrole nitrogens is 1. The minimum absolute atomic E-state index is 0.0814. The van der Waals surface area contributed by atoms with Crippen molar-refractivity contribution >= 4 is 22.7 Å². The maximum absolute atomic E-state index is 13.2. The molecule has 0 amide bonds. The minimum atomic E-state index is -0.270. The number of hydrogen-bond donors (Lipinski definition) is 1. The van der Waals surface area contributed by atoms with Crippen molar-refractivity contribution in [1.29, 1.82) is 0 Å². The van der Waals surface area contributed by atoms with Gasteiger partial charge < -0.3 is 9.88 Å². The number of fused-ring (bicyclic) bond motifs is 1. The Bertz CT molecular complexity index is 840. The Morgan fingerprint density at radius 3 is 2.88 bits per heavy atom. The second kappa shape index (κ2) is 6.13. The number of hydrogen-bond acceptors (Lipinski definition) is 4. The van der Waals surface area contributed by atoms with Crippen molar-refractivity contribution in [2.75, 3.05) is 0 Å². The molecule has 1 aromatic heterocycles. The van der Waals surface area contributed by atoms with Gasteiger partial charge in [0.1, 0.15) is 11.9 Å². The summed E-state index contributed by atoms with van der Waals surface area (Å²) in [5.74, 6) is -0.352. The summed E-state index contributed by atoms with van der Waals surface area (Å²) in [7, 11) is 0. The molecule has 4 rings (SSSR count). The SMILES string of the molecule is O=C(C=CC1C(c2ccc(F)cc2)N=C2SC=CN21)c1ccc[nH]1. The summed E-state index contributed by atoms with van der Waals surface area (Å²) in [4.78, 5) is 21.9. The van der Waals surface area contributed by atoms with E-state index in [0.29, 0.717) is 5.69 Å². The first kappa shape index (κ1) is 15.0. The van der Waals surface area contributed by atoms with E-state index in [1.54, 1.807) is 48.3 Å². The zero-order chi connectivity index (χ0) is 16.5. The second-order valence-corrected chi connectivity index (χ2v) is 6.39. The van der Waals surface area contributed by atoms with E-state index in [2.05, 4.69) is 4.98 Å². The van der Waals surface area contributed by atoms with Gasteiger partial charge in [-0.15, -0.1) is 0 Å². The first-order valence-electron chi connectivity index (χ1n) is 7.53. The highest BCUT2D eigenvalue weighted by molar-refractivity contribution is 8.16. The van der Waals surface area contributed by atoms with E-state index in [9.17, 15) is 9.18 Å². The molecule has 1 aromatic carbocycles. The van der Waals surface area contributed by atoms with Crippen molar-refractivity contribution in [3.8, 4) is 0 Å². The molecule has 2 aliphatic heterocycles. The van der Waals surface area contributed by atoms with Crippen LogP contribution in [-0.4, -0.2) is 26.9 Å². The molecule has 1 N–H and O–H groups in total. The predicted molar refractivity (Wildman–Crippen MR) is 93.2 cm³/mol. The minimum Gasteiger partial charge on any atom is -0.359 e. The molecule has 4 nitrogen and oxygen atoms in total. The lowest BCUT2D eigenvalue weighted by Crippen LogP contribution is -2.28. The Morgan fingerprint density at radius 1 is 1.29 bits per heavy atom. The maximum Gasteiger partial charge on any atom is 0.201 e. The van der Waals surface area contributed by atoms with Gasteiger partial charge in [-0.2, -0.15) is 0 Å². The highest BCUT2D eigenvalue weighted by Gasteiger charge is 2.36. The topological polar surface area (TPSA) is 48.5 Å². The summed E-state index contributed by atoms with van der Waals surface area (Å²) >= 11 is 1.55. The number of thioether (sulfide) groups is 1. The van der Waals surface area contributed by atoms with Crippen molar-refractivity contribution < 1.29 is 9.18 Å². The molecule has 120 valence electrons. The van der Waals surface area contributed by atoms with E-state index < -0.39 is 0 Å². The first-order chi connectivity index (χ1) is 11.7. The highest BCUT2D eigenvalue weighted by atomic mass is 32.2. The van der Waals surface area contributed by atoms with Gasteiger partial charge >= 0.3 is 0 Å². The summed E-state index contributed by atoms with van der Waals surface area (Å²) in [6.45, 7) is 0. The van der Waals surface area contributed by atoms with Gasteiger partial charge in [-0.05, 0) is 41.3 Å². The van der Waals surface area contributed by atoms with Gasteiger partial charge in [0.25, 0.3) is 0 Å². The molecule has 6 heteroatoms. The largest absolute Gasteiger partial charge is 0.359 e. The number of rotatable bonds is 4. The summed E-state index contributed by atoms with van der Waals surface area (Å²) in [5.41, 5.74) is 1.48. The van der Waals surface area contributed by atoms with E-state index in [-0.39, 0.29) is 23.7 Å². The number of aromatic amines is 1. The van der Waals surface area contributed by atoms with Gasteiger partial charge in [0, 0.05) is 12.4 Å². The lowest BCUT2D eigenvalue weighted by Gasteiger charge is -2.22. The molecule has 0 bridgehead atoms. The lowest BCUT2D eigenvalue weighted by atomic mass is 9.99. The molecular weight excluding hydrogens is 325 g/mol. The van der Waals surface area contributed by atoms with Crippen LogP contribution >= 0.6 is 11.8 Å².